The Morgan fingerprint density at radius 3 is 2.17 bits per heavy atom. The molecular formula is C26H41NOSi2. The molecule has 3 aliphatic rings. The molecule has 1 saturated carbocycles. The summed E-state index contributed by atoms with van der Waals surface area (Å²) in [6, 6.07) is 0.401. The molecule has 3 rings (SSSR count). The highest BCUT2D eigenvalue weighted by atomic mass is 28.3. The largest absolute Gasteiger partial charge is 0.294 e. The first-order chi connectivity index (χ1) is 14.1. The van der Waals surface area contributed by atoms with Crippen LogP contribution in [0.5, 0.6) is 0 Å². The molecule has 0 unspecified atom stereocenters. The van der Waals surface area contributed by atoms with Gasteiger partial charge in [-0.3, -0.25) is 4.84 Å². The first kappa shape index (κ1) is 23.6. The predicted molar refractivity (Wildman–Crippen MR) is 134 cm³/mol. The molecule has 3 fully saturated rings. The minimum Gasteiger partial charge on any atom is -0.294 e. The lowest BCUT2D eigenvalue weighted by Crippen LogP contribution is -2.55. The van der Waals surface area contributed by atoms with Gasteiger partial charge in [0.2, 0.25) is 0 Å². The Labute approximate surface area is 187 Å². The Balaban J connectivity index is 1.67. The van der Waals surface area contributed by atoms with Crippen LogP contribution in [0.4, 0.5) is 0 Å². The Kier molecular flexibility index (Phi) is 7.57. The van der Waals surface area contributed by atoms with Crippen LogP contribution in [0, 0.1) is 28.8 Å². The van der Waals surface area contributed by atoms with Crippen LogP contribution in [0.3, 0.4) is 0 Å². The highest BCUT2D eigenvalue weighted by molar-refractivity contribution is 6.84. The third-order valence-electron chi connectivity index (χ3n) is 6.28. The normalized spacial score (nSPS) is 31.9. The summed E-state index contributed by atoms with van der Waals surface area (Å²) in [6.07, 6.45) is 19.0. The van der Waals surface area contributed by atoms with Gasteiger partial charge in [0.25, 0.3) is 0 Å². The van der Waals surface area contributed by atoms with Crippen molar-refractivity contribution >= 4 is 16.1 Å². The number of fused-ring (bicyclic) bond motifs is 1. The van der Waals surface area contributed by atoms with Gasteiger partial charge in [0, 0.05) is 12.8 Å². The van der Waals surface area contributed by atoms with Crippen molar-refractivity contribution in [3.8, 4) is 22.9 Å². The fourth-order valence-corrected chi connectivity index (χ4v) is 6.35. The molecule has 2 saturated heterocycles. The Bertz CT molecular complexity index is 780. The molecule has 1 aliphatic carbocycles. The number of hydrogen-bond acceptors (Lipinski definition) is 2. The van der Waals surface area contributed by atoms with Gasteiger partial charge in [0.15, 0.2) is 0 Å². The van der Waals surface area contributed by atoms with E-state index in [9.17, 15) is 0 Å². The quantitative estimate of drug-likeness (QED) is 0.287. The maximum atomic E-state index is 6.50. The molecule has 164 valence electrons. The number of hydroxylamine groups is 2. The number of piperidine rings is 1. The van der Waals surface area contributed by atoms with Crippen molar-refractivity contribution in [2.75, 3.05) is 0 Å². The zero-order valence-electron chi connectivity index (χ0n) is 20.1. The van der Waals surface area contributed by atoms with Crippen molar-refractivity contribution in [2.45, 2.75) is 108 Å². The highest BCUT2D eigenvalue weighted by Gasteiger charge is 2.56. The van der Waals surface area contributed by atoms with Crippen LogP contribution in [0.2, 0.25) is 39.3 Å². The van der Waals surface area contributed by atoms with E-state index in [1.54, 1.807) is 0 Å². The molecule has 0 aromatic heterocycles. The fraction of sp³-hybridized carbons (Fsp3) is 0.692. The van der Waals surface area contributed by atoms with Gasteiger partial charge in [-0.25, -0.2) is 0 Å². The summed E-state index contributed by atoms with van der Waals surface area (Å²) in [5.74, 6) is 7.36. The van der Waals surface area contributed by atoms with E-state index in [-0.39, 0.29) is 5.54 Å². The third-order valence-corrected chi connectivity index (χ3v) is 8.13. The van der Waals surface area contributed by atoms with Crippen molar-refractivity contribution in [1.29, 1.82) is 0 Å². The van der Waals surface area contributed by atoms with Gasteiger partial charge in [0.1, 0.15) is 16.1 Å². The lowest BCUT2D eigenvalue weighted by atomic mass is 9.67. The first-order valence-corrected chi connectivity index (χ1v) is 18.9. The summed E-state index contributed by atoms with van der Waals surface area (Å²) in [6.45, 7) is 13.8. The average molecular weight is 440 g/mol. The molecule has 2 aliphatic heterocycles. The minimum atomic E-state index is -1.27. The smallest absolute Gasteiger partial charge is 0.129 e. The van der Waals surface area contributed by atoms with Crippen LogP contribution in [0.15, 0.2) is 24.3 Å². The second kappa shape index (κ2) is 9.62. The molecule has 2 bridgehead atoms. The Morgan fingerprint density at radius 2 is 1.53 bits per heavy atom. The standard InChI is InChI=1S/C26H41NOSi2/c1-29(2,3)20-11-7-9-14-23-17-18-25-22-26(23)19-13-16-24(27(26)28-25)15-10-8-12-21-30(4,5)6/h9-10,14-15,23-25H,7-8,13,16-19,22H2,1-6H3/b14-9-,15-10-/t23-,24-,25+,26+/m0/s1. The molecule has 4 atom stereocenters. The highest BCUT2D eigenvalue weighted by Crippen LogP contribution is 2.53. The van der Waals surface area contributed by atoms with Gasteiger partial charge in [-0.1, -0.05) is 63.6 Å². The maximum Gasteiger partial charge on any atom is 0.129 e. The van der Waals surface area contributed by atoms with Crippen LogP contribution in [0.1, 0.15) is 51.4 Å². The van der Waals surface area contributed by atoms with Crippen molar-refractivity contribution in [2.24, 2.45) is 5.92 Å². The van der Waals surface area contributed by atoms with E-state index in [1.165, 1.54) is 38.5 Å². The van der Waals surface area contributed by atoms with Gasteiger partial charge >= 0.3 is 0 Å². The molecule has 1 spiro atoms. The van der Waals surface area contributed by atoms with Crippen molar-refractivity contribution in [3.05, 3.63) is 24.3 Å². The summed E-state index contributed by atoms with van der Waals surface area (Å²) < 4.78 is 0. The number of hydrogen-bond donors (Lipinski definition) is 0. The minimum absolute atomic E-state index is 0.197. The third kappa shape index (κ3) is 6.24. The summed E-state index contributed by atoms with van der Waals surface area (Å²) in [7, 11) is -2.54. The van der Waals surface area contributed by atoms with Crippen molar-refractivity contribution in [3.63, 3.8) is 0 Å². The molecule has 0 N–H and O–H groups in total. The molecule has 0 aromatic rings. The molecule has 0 radical (unpaired) electrons. The zero-order valence-corrected chi connectivity index (χ0v) is 22.1. The molecule has 4 heteroatoms. The summed E-state index contributed by atoms with van der Waals surface area (Å²) >= 11 is 0. The maximum absolute atomic E-state index is 6.50. The van der Waals surface area contributed by atoms with Crippen LogP contribution in [-0.4, -0.2) is 38.9 Å². The number of allylic oxidation sites excluding steroid dienone is 2. The van der Waals surface area contributed by atoms with Crippen LogP contribution >= 0.6 is 0 Å². The SMILES string of the molecule is C[Si](C)(C)C#CC/C=C\[C@H]1CCC[C@@]23C[C@@H](CC[C@@H]2/C=C\CC#C[Si](C)(C)C)ON13. The van der Waals surface area contributed by atoms with Gasteiger partial charge < -0.3 is 0 Å². The first-order valence-electron chi connectivity index (χ1n) is 11.9. The van der Waals surface area contributed by atoms with E-state index in [4.69, 9.17) is 4.84 Å². The van der Waals surface area contributed by atoms with Gasteiger partial charge in [-0.05, 0) is 44.4 Å². The van der Waals surface area contributed by atoms with Crippen LogP contribution in [-0.2, 0) is 4.84 Å². The van der Waals surface area contributed by atoms with Gasteiger partial charge in [-0.2, -0.15) is 5.06 Å². The van der Waals surface area contributed by atoms with E-state index in [2.05, 4.69) is 91.6 Å². The average Bonchev–Trinajstić information content (AvgIpc) is 2.95. The second-order valence-electron chi connectivity index (χ2n) is 11.4. The molecule has 2 nitrogen and oxygen atoms in total. The van der Waals surface area contributed by atoms with E-state index >= 15 is 0 Å². The number of nitrogens with zero attached hydrogens (tertiary/aromatic N) is 1. The molecule has 30 heavy (non-hydrogen) atoms. The monoisotopic (exact) mass is 439 g/mol. The van der Waals surface area contributed by atoms with Crippen molar-refractivity contribution < 1.29 is 4.84 Å². The molecule has 0 amide bonds. The molecule has 2 heterocycles. The summed E-state index contributed by atoms with van der Waals surface area (Å²) in [5.41, 5.74) is 7.15. The number of rotatable bonds is 4. The molecule has 0 aromatic carbocycles. The molecular weight excluding hydrogens is 398 g/mol. The second-order valence-corrected chi connectivity index (χ2v) is 20.9. The van der Waals surface area contributed by atoms with Gasteiger partial charge in [-0.15, -0.1) is 22.9 Å². The van der Waals surface area contributed by atoms with E-state index in [0.717, 1.165) is 12.8 Å². The zero-order chi connectivity index (χ0) is 21.8. The van der Waals surface area contributed by atoms with E-state index in [1.807, 2.05) is 0 Å². The predicted octanol–water partition coefficient (Wildman–Crippen LogP) is 6.35. The van der Waals surface area contributed by atoms with Crippen LogP contribution < -0.4 is 0 Å². The summed E-state index contributed by atoms with van der Waals surface area (Å²) in [5, 5.41) is 2.42. The fourth-order valence-electron chi connectivity index (χ4n) is 5.09. The lowest BCUT2D eigenvalue weighted by Gasteiger charge is -2.48. The van der Waals surface area contributed by atoms with Crippen molar-refractivity contribution in [1.82, 2.24) is 5.06 Å². The Morgan fingerprint density at radius 1 is 0.900 bits per heavy atom. The Hall–Kier alpha value is -1.05. The van der Waals surface area contributed by atoms with Crippen LogP contribution in [0.25, 0.3) is 0 Å². The lowest BCUT2D eigenvalue weighted by molar-refractivity contribution is -0.216. The topological polar surface area (TPSA) is 12.5 Å². The summed E-state index contributed by atoms with van der Waals surface area (Å²) in [4.78, 5) is 6.50. The van der Waals surface area contributed by atoms with E-state index < -0.39 is 16.1 Å². The van der Waals surface area contributed by atoms with Gasteiger partial charge in [0.05, 0.1) is 17.7 Å². The van der Waals surface area contributed by atoms with E-state index in [0.29, 0.717) is 18.1 Å².